The Labute approximate surface area is 104 Å². The maximum Gasteiger partial charge on any atom is 0.124 e. The number of rotatable bonds is 4. The molecule has 2 unspecified atom stereocenters. The van der Waals surface area contributed by atoms with E-state index in [1.807, 2.05) is 6.07 Å². The molecule has 1 aliphatic rings. The number of ether oxygens (including phenoxy) is 1. The van der Waals surface area contributed by atoms with E-state index >= 15 is 0 Å². The summed E-state index contributed by atoms with van der Waals surface area (Å²) in [7, 11) is 2.18. The molecule has 0 saturated heterocycles. The van der Waals surface area contributed by atoms with E-state index in [-0.39, 0.29) is 0 Å². The second-order valence-electron chi connectivity index (χ2n) is 4.89. The lowest BCUT2D eigenvalue weighted by atomic mass is 9.91. The molecule has 94 valence electrons. The zero-order valence-corrected chi connectivity index (χ0v) is 10.7. The van der Waals surface area contributed by atoms with Gasteiger partial charge in [-0.3, -0.25) is 4.90 Å². The molecule has 17 heavy (non-hydrogen) atoms. The fourth-order valence-electron chi connectivity index (χ4n) is 2.63. The van der Waals surface area contributed by atoms with Gasteiger partial charge in [0.15, 0.2) is 0 Å². The van der Waals surface area contributed by atoms with E-state index in [9.17, 15) is 0 Å². The zero-order valence-electron chi connectivity index (χ0n) is 10.7. The number of hydrogen-bond donors (Lipinski definition) is 1. The first-order valence-corrected chi connectivity index (χ1v) is 6.36. The fraction of sp³-hybridized carbons (Fsp3) is 0.571. The highest BCUT2D eigenvalue weighted by molar-refractivity contribution is 5.37. The highest BCUT2D eigenvalue weighted by Gasteiger charge is 2.30. The molecule has 0 bridgehead atoms. The van der Waals surface area contributed by atoms with Gasteiger partial charge in [0.2, 0.25) is 0 Å². The molecule has 0 radical (unpaired) electrons. The van der Waals surface area contributed by atoms with Crippen LogP contribution in [-0.2, 0) is 0 Å². The molecule has 2 rings (SSSR count). The van der Waals surface area contributed by atoms with Crippen LogP contribution in [0.25, 0.3) is 0 Å². The van der Waals surface area contributed by atoms with Crippen molar-refractivity contribution in [2.45, 2.75) is 19.4 Å². The molecule has 3 heteroatoms. The Balaban J connectivity index is 2.20. The molecule has 2 atom stereocenters. The SMILES string of the molecule is CC1COc2ccccc2C1N(C)CCCN. The number of benzene rings is 1. The Morgan fingerprint density at radius 1 is 1.41 bits per heavy atom. The predicted molar refractivity (Wildman–Crippen MR) is 70.1 cm³/mol. The molecule has 0 spiro atoms. The third kappa shape index (κ3) is 2.61. The molecule has 2 N–H and O–H groups in total. The molecular formula is C14H22N2O. The number of nitrogens with zero attached hydrogens (tertiary/aromatic N) is 1. The average Bonchev–Trinajstić information content (AvgIpc) is 2.35. The van der Waals surface area contributed by atoms with Gasteiger partial charge < -0.3 is 10.5 Å². The molecule has 1 aromatic carbocycles. The van der Waals surface area contributed by atoms with Crippen LogP contribution in [-0.4, -0.2) is 31.6 Å². The highest BCUT2D eigenvalue weighted by atomic mass is 16.5. The van der Waals surface area contributed by atoms with Gasteiger partial charge in [0, 0.05) is 17.5 Å². The summed E-state index contributed by atoms with van der Waals surface area (Å²) in [6.07, 6.45) is 1.04. The third-order valence-corrected chi connectivity index (χ3v) is 3.47. The summed E-state index contributed by atoms with van der Waals surface area (Å²) in [5.74, 6) is 1.56. The van der Waals surface area contributed by atoms with Gasteiger partial charge in [-0.25, -0.2) is 0 Å². The molecule has 1 aliphatic heterocycles. The lowest BCUT2D eigenvalue weighted by Crippen LogP contribution is -2.36. The summed E-state index contributed by atoms with van der Waals surface area (Å²) in [6, 6.07) is 8.81. The van der Waals surface area contributed by atoms with Gasteiger partial charge in [0.1, 0.15) is 5.75 Å². The summed E-state index contributed by atoms with van der Waals surface area (Å²) in [5.41, 5.74) is 6.90. The van der Waals surface area contributed by atoms with Crippen molar-refractivity contribution in [1.29, 1.82) is 0 Å². The van der Waals surface area contributed by atoms with Crippen molar-refractivity contribution in [3.63, 3.8) is 0 Å². The maximum absolute atomic E-state index is 5.77. The number of para-hydroxylation sites is 1. The first-order chi connectivity index (χ1) is 8.24. The molecule has 3 nitrogen and oxygen atoms in total. The van der Waals surface area contributed by atoms with Crippen molar-refractivity contribution in [3.05, 3.63) is 29.8 Å². The normalized spacial score (nSPS) is 23.3. The van der Waals surface area contributed by atoms with Crippen molar-refractivity contribution >= 4 is 0 Å². The van der Waals surface area contributed by atoms with E-state index in [1.165, 1.54) is 5.56 Å². The van der Waals surface area contributed by atoms with Gasteiger partial charge in [-0.2, -0.15) is 0 Å². The van der Waals surface area contributed by atoms with E-state index in [0.717, 1.165) is 31.9 Å². The summed E-state index contributed by atoms with van der Waals surface area (Å²) < 4.78 is 5.77. The van der Waals surface area contributed by atoms with Crippen LogP contribution in [0.3, 0.4) is 0 Å². The standard InChI is InChI=1S/C14H22N2O/c1-11-10-17-13-7-4-3-6-12(13)14(11)16(2)9-5-8-15/h3-4,6-7,11,14H,5,8-10,15H2,1-2H3. The van der Waals surface area contributed by atoms with Crippen molar-refractivity contribution in [1.82, 2.24) is 4.90 Å². The topological polar surface area (TPSA) is 38.5 Å². The van der Waals surface area contributed by atoms with Crippen LogP contribution in [0.2, 0.25) is 0 Å². The van der Waals surface area contributed by atoms with E-state index in [4.69, 9.17) is 10.5 Å². The van der Waals surface area contributed by atoms with Gasteiger partial charge in [0.05, 0.1) is 6.61 Å². The van der Waals surface area contributed by atoms with Gasteiger partial charge in [0.25, 0.3) is 0 Å². The van der Waals surface area contributed by atoms with E-state index in [1.54, 1.807) is 0 Å². The average molecular weight is 234 g/mol. The Morgan fingerprint density at radius 3 is 2.94 bits per heavy atom. The van der Waals surface area contributed by atoms with Gasteiger partial charge in [-0.1, -0.05) is 25.1 Å². The number of hydrogen-bond acceptors (Lipinski definition) is 3. The van der Waals surface area contributed by atoms with Crippen LogP contribution >= 0.6 is 0 Å². The minimum absolute atomic E-state index is 0.450. The smallest absolute Gasteiger partial charge is 0.124 e. The van der Waals surface area contributed by atoms with Crippen LogP contribution in [0.1, 0.15) is 24.9 Å². The quantitative estimate of drug-likeness (QED) is 0.866. The monoisotopic (exact) mass is 234 g/mol. The zero-order chi connectivity index (χ0) is 12.3. The largest absolute Gasteiger partial charge is 0.493 e. The number of fused-ring (bicyclic) bond motifs is 1. The molecule has 0 fully saturated rings. The van der Waals surface area contributed by atoms with Crippen LogP contribution in [0.4, 0.5) is 0 Å². The van der Waals surface area contributed by atoms with E-state index in [0.29, 0.717) is 12.0 Å². The summed E-state index contributed by atoms with van der Waals surface area (Å²) in [5, 5.41) is 0. The van der Waals surface area contributed by atoms with Gasteiger partial charge in [-0.15, -0.1) is 0 Å². The van der Waals surface area contributed by atoms with Crippen molar-refractivity contribution in [2.24, 2.45) is 11.7 Å². The minimum Gasteiger partial charge on any atom is -0.493 e. The predicted octanol–water partition coefficient (Wildman–Crippen LogP) is 2.04. The second kappa shape index (κ2) is 5.52. The summed E-state index contributed by atoms with van der Waals surface area (Å²) >= 11 is 0. The Bertz CT molecular complexity index is 367. The maximum atomic E-state index is 5.77. The van der Waals surface area contributed by atoms with Crippen LogP contribution in [0, 0.1) is 5.92 Å². The molecule has 0 aliphatic carbocycles. The van der Waals surface area contributed by atoms with E-state index in [2.05, 4.69) is 37.1 Å². The Morgan fingerprint density at radius 2 is 2.18 bits per heavy atom. The molecule has 1 aromatic rings. The van der Waals surface area contributed by atoms with Crippen molar-refractivity contribution in [2.75, 3.05) is 26.7 Å². The molecule has 0 amide bonds. The van der Waals surface area contributed by atoms with Crippen LogP contribution < -0.4 is 10.5 Å². The summed E-state index contributed by atoms with van der Waals surface area (Å²) in [4.78, 5) is 2.40. The molecule has 0 aromatic heterocycles. The lowest BCUT2D eigenvalue weighted by Gasteiger charge is -2.37. The van der Waals surface area contributed by atoms with Gasteiger partial charge >= 0.3 is 0 Å². The molecular weight excluding hydrogens is 212 g/mol. The first kappa shape index (κ1) is 12.4. The second-order valence-corrected chi connectivity index (χ2v) is 4.89. The lowest BCUT2D eigenvalue weighted by molar-refractivity contribution is 0.109. The fourth-order valence-corrected chi connectivity index (χ4v) is 2.63. The van der Waals surface area contributed by atoms with E-state index < -0.39 is 0 Å². The summed E-state index contributed by atoms with van der Waals surface area (Å²) in [6.45, 7) is 4.84. The Hall–Kier alpha value is -1.06. The van der Waals surface area contributed by atoms with Crippen LogP contribution in [0.5, 0.6) is 5.75 Å². The van der Waals surface area contributed by atoms with Crippen LogP contribution in [0.15, 0.2) is 24.3 Å². The van der Waals surface area contributed by atoms with Crippen molar-refractivity contribution < 1.29 is 4.74 Å². The first-order valence-electron chi connectivity index (χ1n) is 6.36. The van der Waals surface area contributed by atoms with Gasteiger partial charge in [-0.05, 0) is 32.6 Å². The van der Waals surface area contributed by atoms with Crippen molar-refractivity contribution in [3.8, 4) is 5.75 Å². The molecule has 1 heterocycles. The molecule has 0 saturated carbocycles. The highest BCUT2D eigenvalue weighted by Crippen LogP contribution is 2.38. The minimum atomic E-state index is 0.450. The third-order valence-electron chi connectivity index (χ3n) is 3.47. The Kier molecular flexibility index (Phi) is 4.02. The number of nitrogens with two attached hydrogens (primary N) is 1.